The Morgan fingerprint density at radius 1 is 1.00 bits per heavy atom. The second kappa shape index (κ2) is 7.81. The van der Waals surface area contributed by atoms with Crippen molar-refractivity contribution >= 4 is 0 Å². The summed E-state index contributed by atoms with van der Waals surface area (Å²) in [6.07, 6.45) is 0. The molecule has 1 atom stereocenters. The second-order valence-electron chi connectivity index (χ2n) is 5.72. The van der Waals surface area contributed by atoms with E-state index < -0.39 is 0 Å². The molecule has 25 heavy (non-hydrogen) atoms. The summed E-state index contributed by atoms with van der Waals surface area (Å²) in [5.41, 5.74) is 7.03. The van der Waals surface area contributed by atoms with Gasteiger partial charge in [-0.2, -0.15) is 0 Å². The van der Waals surface area contributed by atoms with E-state index in [-0.39, 0.29) is 6.04 Å². The van der Waals surface area contributed by atoms with Crippen LogP contribution in [0.1, 0.15) is 31.3 Å². The first-order valence-corrected chi connectivity index (χ1v) is 8.30. The molecular formula is C19H22N4O2. The Bertz CT molecular complexity index is 798. The SMILES string of the molecule is CCn1c(Oc2ccc(OCc3ccccc3)cc2)nnc1[C@@H](C)N. The molecule has 0 fully saturated rings. The normalized spacial score (nSPS) is 12.0. The molecule has 3 rings (SSSR count). The lowest BCUT2D eigenvalue weighted by Gasteiger charge is -2.10. The van der Waals surface area contributed by atoms with Gasteiger partial charge in [0.1, 0.15) is 18.1 Å². The first-order chi connectivity index (χ1) is 12.2. The molecule has 0 spiro atoms. The Balaban J connectivity index is 1.65. The maximum Gasteiger partial charge on any atom is 0.322 e. The monoisotopic (exact) mass is 338 g/mol. The first-order valence-electron chi connectivity index (χ1n) is 8.30. The van der Waals surface area contributed by atoms with Gasteiger partial charge in [-0.3, -0.25) is 4.57 Å². The van der Waals surface area contributed by atoms with Gasteiger partial charge in [0.15, 0.2) is 5.82 Å². The average Bonchev–Trinajstić information content (AvgIpc) is 3.05. The molecule has 1 heterocycles. The first kappa shape index (κ1) is 17.0. The van der Waals surface area contributed by atoms with Crippen molar-refractivity contribution in [3.8, 4) is 17.5 Å². The number of hydrogen-bond donors (Lipinski definition) is 1. The van der Waals surface area contributed by atoms with Crippen LogP contribution in [0.25, 0.3) is 0 Å². The fraction of sp³-hybridized carbons (Fsp3) is 0.263. The van der Waals surface area contributed by atoms with Crippen molar-refractivity contribution in [3.05, 3.63) is 66.0 Å². The van der Waals surface area contributed by atoms with Gasteiger partial charge in [-0.1, -0.05) is 35.4 Å². The van der Waals surface area contributed by atoms with Gasteiger partial charge in [0.05, 0.1) is 6.04 Å². The Kier molecular flexibility index (Phi) is 5.30. The molecule has 0 bridgehead atoms. The van der Waals surface area contributed by atoms with Crippen molar-refractivity contribution in [1.29, 1.82) is 0 Å². The molecule has 0 unspecified atom stereocenters. The summed E-state index contributed by atoms with van der Waals surface area (Å²) in [6, 6.07) is 17.7. The molecule has 0 aliphatic carbocycles. The van der Waals surface area contributed by atoms with E-state index in [1.807, 2.05) is 73.0 Å². The van der Waals surface area contributed by atoms with Gasteiger partial charge in [-0.05, 0) is 43.7 Å². The van der Waals surface area contributed by atoms with Gasteiger partial charge in [-0.15, -0.1) is 5.10 Å². The van der Waals surface area contributed by atoms with Gasteiger partial charge >= 0.3 is 6.01 Å². The molecule has 1 aromatic heterocycles. The highest BCUT2D eigenvalue weighted by Crippen LogP contribution is 2.24. The van der Waals surface area contributed by atoms with Crippen LogP contribution in [0.3, 0.4) is 0 Å². The summed E-state index contributed by atoms with van der Waals surface area (Å²) in [4.78, 5) is 0. The molecular weight excluding hydrogens is 316 g/mol. The molecule has 0 radical (unpaired) electrons. The quantitative estimate of drug-likeness (QED) is 0.711. The van der Waals surface area contributed by atoms with E-state index in [4.69, 9.17) is 15.2 Å². The highest BCUT2D eigenvalue weighted by Gasteiger charge is 2.15. The smallest absolute Gasteiger partial charge is 0.322 e. The fourth-order valence-electron chi connectivity index (χ4n) is 2.46. The molecule has 0 saturated heterocycles. The topological polar surface area (TPSA) is 75.2 Å². The number of benzene rings is 2. The van der Waals surface area contributed by atoms with Crippen molar-refractivity contribution in [2.24, 2.45) is 5.73 Å². The van der Waals surface area contributed by atoms with Crippen LogP contribution < -0.4 is 15.2 Å². The van der Waals surface area contributed by atoms with E-state index in [9.17, 15) is 0 Å². The summed E-state index contributed by atoms with van der Waals surface area (Å²) in [5.74, 6) is 2.16. The number of nitrogens with zero attached hydrogens (tertiary/aromatic N) is 3. The van der Waals surface area contributed by atoms with Gasteiger partial charge in [0.25, 0.3) is 0 Å². The third-order valence-corrected chi connectivity index (χ3v) is 3.75. The maximum atomic E-state index is 5.90. The molecule has 0 aliphatic heterocycles. The van der Waals surface area contributed by atoms with Crippen LogP contribution >= 0.6 is 0 Å². The lowest BCUT2D eigenvalue weighted by Crippen LogP contribution is -2.13. The summed E-state index contributed by atoms with van der Waals surface area (Å²) in [6.45, 7) is 5.10. The number of ether oxygens (including phenoxy) is 2. The Morgan fingerprint density at radius 2 is 1.68 bits per heavy atom. The fourth-order valence-corrected chi connectivity index (χ4v) is 2.46. The van der Waals surface area contributed by atoms with E-state index in [0.717, 1.165) is 11.3 Å². The summed E-state index contributed by atoms with van der Waals surface area (Å²) < 4.78 is 13.5. The van der Waals surface area contributed by atoms with Crippen LogP contribution in [-0.4, -0.2) is 14.8 Å². The largest absolute Gasteiger partial charge is 0.489 e. The zero-order valence-corrected chi connectivity index (χ0v) is 14.4. The lowest BCUT2D eigenvalue weighted by atomic mass is 10.2. The minimum atomic E-state index is -0.196. The molecule has 0 aliphatic rings. The molecule has 6 heteroatoms. The molecule has 0 saturated carbocycles. The molecule has 2 aromatic carbocycles. The number of nitrogens with two attached hydrogens (primary N) is 1. The van der Waals surface area contributed by atoms with Crippen molar-refractivity contribution in [1.82, 2.24) is 14.8 Å². The summed E-state index contributed by atoms with van der Waals surface area (Å²) in [7, 11) is 0. The van der Waals surface area contributed by atoms with Crippen LogP contribution in [0, 0.1) is 0 Å². The van der Waals surface area contributed by atoms with Gasteiger partial charge < -0.3 is 15.2 Å². The van der Waals surface area contributed by atoms with Crippen molar-refractivity contribution in [2.45, 2.75) is 33.0 Å². The van der Waals surface area contributed by atoms with E-state index in [2.05, 4.69) is 10.2 Å². The molecule has 2 N–H and O–H groups in total. The molecule has 6 nitrogen and oxygen atoms in total. The Morgan fingerprint density at radius 3 is 2.32 bits per heavy atom. The molecule has 130 valence electrons. The van der Waals surface area contributed by atoms with E-state index in [0.29, 0.717) is 30.7 Å². The van der Waals surface area contributed by atoms with Crippen molar-refractivity contribution in [3.63, 3.8) is 0 Å². The zero-order valence-electron chi connectivity index (χ0n) is 14.4. The minimum absolute atomic E-state index is 0.196. The van der Waals surface area contributed by atoms with Crippen LogP contribution in [0.5, 0.6) is 17.5 Å². The zero-order chi connectivity index (χ0) is 17.6. The minimum Gasteiger partial charge on any atom is -0.489 e. The van der Waals surface area contributed by atoms with Gasteiger partial charge in [-0.25, -0.2) is 0 Å². The number of hydrogen-bond acceptors (Lipinski definition) is 5. The predicted octanol–water partition coefficient (Wildman–Crippen LogP) is 3.69. The Hall–Kier alpha value is -2.86. The number of rotatable bonds is 7. The number of aromatic nitrogens is 3. The van der Waals surface area contributed by atoms with Crippen molar-refractivity contribution < 1.29 is 9.47 Å². The van der Waals surface area contributed by atoms with Crippen LogP contribution in [0.4, 0.5) is 0 Å². The van der Waals surface area contributed by atoms with Crippen molar-refractivity contribution in [2.75, 3.05) is 0 Å². The summed E-state index contributed by atoms with van der Waals surface area (Å²) in [5, 5.41) is 8.18. The molecule has 0 amide bonds. The van der Waals surface area contributed by atoms with Gasteiger partial charge in [0, 0.05) is 6.54 Å². The average molecular weight is 338 g/mol. The second-order valence-corrected chi connectivity index (χ2v) is 5.72. The predicted molar refractivity (Wildman–Crippen MR) is 95.6 cm³/mol. The lowest BCUT2D eigenvalue weighted by molar-refractivity contribution is 0.305. The standard InChI is InChI=1S/C19H22N4O2/c1-3-23-18(14(2)20)21-22-19(23)25-17-11-9-16(10-12-17)24-13-15-7-5-4-6-8-15/h4-12,14H,3,13,20H2,1-2H3/t14-/m1/s1. The van der Waals surface area contributed by atoms with E-state index >= 15 is 0 Å². The third kappa shape index (κ3) is 4.16. The Labute approximate surface area is 147 Å². The van der Waals surface area contributed by atoms with Crippen LogP contribution in [0.15, 0.2) is 54.6 Å². The van der Waals surface area contributed by atoms with E-state index in [1.165, 1.54) is 0 Å². The van der Waals surface area contributed by atoms with Crippen LogP contribution in [0.2, 0.25) is 0 Å². The van der Waals surface area contributed by atoms with Gasteiger partial charge in [0.2, 0.25) is 0 Å². The highest BCUT2D eigenvalue weighted by atomic mass is 16.5. The van der Waals surface area contributed by atoms with E-state index in [1.54, 1.807) is 0 Å². The maximum absolute atomic E-state index is 5.90. The van der Waals surface area contributed by atoms with Crippen LogP contribution in [-0.2, 0) is 13.2 Å². The summed E-state index contributed by atoms with van der Waals surface area (Å²) >= 11 is 0. The highest BCUT2D eigenvalue weighted by molar-refractivity contribution is 5.33. The third-order valence-electron chi connectivity index (χ3n) is 3.75. The molecule has 3 aromatic rings.